The molecule has 2 rings (SSSR count). The molecule has 2 N–H and O–H groups in total. The highest BCUT2D eigenvalue weighted by atomic mass is 19.1. The Kier molecular flexibility index (Phi) is 4.35. The molecule has 0 bridgehead atoms. The molecular formula is C13H12FN3O5. The number of halogens is 1. The summed E-state index contributed by atoms with van der Waals surface area (Å²) in [6.07, 6.45) is -1.12. The highest BCUT2D eigenvalue weighted by molar-refractivity contribution is 5.81. The van der Waals surface area contributed by atoms with Crippen LogP contribution in [0.4, 0.5) is 4.39 Å². The number of amides is 1. The SMILES string of the molecule is CC(OC(=O)Cn1nc(-c2ccc(F)cc2)oc1=O)C(N)=O. The molecule has 0 aliphatic carbocycles. The molecule has 0 saturated heterocycles. The Bertz CT molecular complexity index is 750. The van der Waals surface area contributed by atoms with E-state index in [0.29, 0.717) is 5.56 Å². The van der Waals surface area contributed by atoms with Gasteiger partial charge in [0.2, 0.25) is 5.89 Å². The van der Waals surface area contributed by atoms with Gasteiger partial charge in [0.25, 0.3) is 5.91 Å². The van der Waals surface area contributed by atoms with Crippen molar-refractivity contribution >= 4 is 11.9 Å². The van der Waals surface area contributed by atoms with Gasteiger partial charge in [0.15, 0.2) is 6.10 Å². The topological polar surface area (TPSA) is 117 Å². The molecule has 9 heteroatoms. The van der Waals surface area contributed by atoms with Crippen LogP contribution in [-0.4, -0.2) is 27.8 Å². The summed E-state index contributed by atoms with van der Waals surface area (Å²) in [5.41, 5.74) is 5.32. The molecular weight excluding hydrogens is 297 g/mol. The first-order chi connectivity index (χ1) is 10.4. The van der Waals surface area contributed by atoms with Gasteiger partial charge >= 0.3 is 11.7 Å². The second-order valence-corrected chi connectivity index (χ2v) is 4.37. The maximum atomic E-state index is 12.8. The van der Waals surface area contributed by atoms with Crippen LogP contribution < -0.4 is 11.5 Å². The number of primary amides is 1. The van der Waals surface area contributed by atoms with Crippen LogP contribution in [0.1, 0.15) is 6.92 Å². The van der Waals surface area contributed by atoms with Crippen LogP contribution >= 0.6 is 0 Å². The molecule has 116 valence electrons. The van der Waals surface area contributed by atoms with Crippen molar-refractivity contribution in [2.75, 3.05) is 0 Å². The van der Waals surface area contributed by atoms with E-state index in [2.05, 4.69) is 5.10 Å². The third-order valence-electron chi connectivity index (χ3n) is 2.69. The van der Waals surface area contributed by atoms with Gasteiger partial charge in [0, 0.05) is 5.56 Å². The smallest absolute Gasteiger partial charge is 0.437 e. The number of carbonyl (C=O) groups is 2. The van der Waals surface area contributed by atoms with Crippen molar-refractivity contribution in [1.29, 1.82) is 0 Å². The van der Waals surface area contributed by atoms with E-state index >= 15 is 0 Å². The predicted molar refractivity (Wildman–Crippen MR) is 70.9 cm³/mol. The Morgan fingerprint density at radius 1 is 1.41 bits per heavy atom. The van der Waals surface area contributed by atoms with E-state index < -0.39 is 36.1 Å². The third-order valence-corrected chi connectivity index (χ3v) is 2.69. The van der Waals surface area contributed by atoms with E-state index in [0.717, 1.165) is 4.68 Å². The number of carbonyl (C=O) groups excluding carboxylic acids is 2. The fraction of sp³-hybridized carbons (Fsp3) is 0.231. The molecule has 22 heavy (non-hydrogen) atoms. The molecule has 0 aliphatic rings. The standard InChI is InChI=1S/C13H12FN3O5/c1-7(11(15)19)21-10(18)6-17-13(20)22-12(16-17)8-2-4-9(14)5-3-8/h2-5,7H,6H2,1H3,(H2,15,19). The van der Waals surface area contributed by atoms with Gasteiger partial charge in [-0.3, -0.25) is 9.59 Å². The molecule has 1 unspecified atom stereocenters. The molecule has 0 radical (unpaired) electrons. The second-order valence-electron chi connectivity index (χ2n) is 4.37. The summed E-state index contributed by atoms with van der Waals surface area (Å²) in [7, 11) is 0. The summed E-state index contributed by atoms with van der Waals surface area (Å²) in [6.45, 7) is 0.761. The molecule has 1 amide bonds. The first-order valence-electron chi connectivity index (χ1n) is 6.19. The summed E-state index contributed by atoms with van der Waals surface area (Å²) in [6, 6.07) is 5.10. The van der Waals surface area contributed by atoms with Crippen LogP contribution in [0, 0.1) is 5.82 Å². The van der Waals surface area contributed by atoms with Crippen LogP contribution in [0.2, 0.25) is 0 Å². The van der Waals surface area contributed by atoms with Gasteiger partial charge in [0.1, 0.15) is 12.4 Å². The second kappa shape index (κ2) is 6.20. The normalized spacial score (nSPS) is 11.9. The zero-order valence-corrected chi connectivity index (χ0v) is 11.5. The number of ether oxygens (including phenoxy) is 1. The molecule has 1 atom stereocenters. The molecule has 0 aliphatic heterocycles. The maximum absolute atomic E-state index is 12.8. The first kappa shape index (κ1) is 15.4. The van der Waals surface area contributed by atoms with Gasteiger partial charge < -0.3 is 14.9 Å². The van der Waals surface area contributed by atoms with E-state index in [4.69, 9.17) is 14.9 Å². The van der Waals surface area contributed by atoms with E-state index in [9.17, 15) is 18.8 Å². The van der Waals surface area contributed by atoms with E-state index in [1.165, 1.54) is 31.2 Å². The lowest BCUT2D eigenvalue weighted by molar-refractivity contribution is -0.154. The molecule has 1 heterocycles. The van der Waals surface area contributed by atoms with Crippen LogP contribution in [0.15, 0.2) is 33.5 Å². The Morgan fingerprint density at radius 3 is 2.64 bits per heavy atom. The number of nitrogens with zero attached hydrogens (tertiary/aromatic N) is 2. The largest absolute Gasteiger partial charge is 0.451 e. The Hall–Kier alpha value is -2.97. The molecule has 1 aromatic carbocycles. The van der Waals surface area contributed by atoms with Gasteiger partial charge in [0.05, 0.1) is 0 Å². The highest BCUT2D eigenvalue weighted by Crippen LogP contribution is 2.15. The molecule has 8 nitrogen and oxygen atoms in total. The molecule has 0 spiro atoms. The minimum absolute atomic E-state index is 0.0688. The zero-order valence-electron chi connectivity index (χ0n) is 11.5. The Labute approximate surface area is 123 Å². The van der Waals surface area contributed by atoms with Gasteiger partial charge in [-0.25, -0.2) is 9.18 Å². The fourth-order valence-electron chi connectivity index (χ4n) is 1.53. The summed E-state index contributed by atoms with van der Waals surface area (Å²) >= 11 is 0. The van der Waals surface area contributed by atoms with E-state index in [1.807, 2.05) is 0 Å². The van der Waals surface area contributed by atoms with Crippen molar-refractivity contribution in [2.24, 2.45) is 5.73 Å². The van der Waals surface area contributed by atoms with Gasteiger partial charge in [-0.15, -0.1) is 5.10 Å². The summed E-state index contributed by atoms with van der Waals surface area (Å²) in [4.78, 5) is 33.9. The average Bonchev–Trinajstić information content (AvgIpc) is 2.80. The molecule has 1 aromatic heterocycles. The number of rotatable bonds is 5. The van der Waals surface area contributed by atoms with Crippen molar-refractivity contribution < 1.29 is 23.1 Å². The Morgan fingerprint density at radius 2 is 2.05 bits per heavy atom. The Balaban J connectivity index is 2.13. The fourth-order valence-corrected chi connectivity index (χ4v) is 1.53. The van der Waals surface area contributed by atoms with Crippen molar-refractivity contribution in [3.8, 4) is 11.5 Å². The minimum Gasteiger partial charge on any atom is -0.451 e. The highest BCUT2D eigenvalue weighted by Gasteiger charge is 2.18. The van der Waals surface area contributed by atoms with Crippen molar-refractivity contribution in [3.05, 3.63) is 40.6 Å². The van der Waals surface area contributed by atoms with Crippen LogP contribution in [0.3, 0.4) is 0 Å². The first-order valence-corrected chi connectivity index (χ1v) is 6.19. The van der Waals surface area contributed by atoms with E-state index in [1.54, 1.807) is 0 Å². The number of benzene rings is 1. The van der Waals surface area contributed by atoms with Gasteiger partial charge in [-0.1, -0.05) is 0 Å². The lowest BCUT2D eigenvalue weighted by Crippen LogP contribution is -2.33. The molecule has 0 fully saturated rings. The summed E-state index contributed by atoms with van der Waals surface area (Å²) in [5.74, 6) is -3.08. The number of esters is 1. The van der Waals surface area contributed by atoms with Crippen LogP contribution in [0.25, 0.3) is 11.5 Å². The van der Waals surface area contributed by atoms with Crippen molar-refractivity contribution in [2.45, 2.75) is 19.6 Å². The molecule has 0 saturated carbocycles. The van der Waals surface area contributed by atoms with E-state index in [-0.39, 0.29) is 5.89 Å². The quantitative estimate of drug-likeness (QED) is 0.780. The average molecular weight is 309 g/mol. The number of hydrogen-bond donors (Lipinski definition) is 1. The molecule has 2 aromatic rings. The lowest BCUT2D eigenvalue weighted by atomic mass is 10.2. The summed E-state index contributed by atoms with van der Waals surface area (Å²) < 4.78 is 23.1. The van der Waals surface area contributed by atoms with Crippen LogP contribution in [0.5, 0.6) is 0 Å². The van der Waals surface area contributed by atoms with Gasteiger partial charge in [-0.05, 0) is 31.2 Å². The van der Waals surface area contributed by atoms with Crippen molar-refractivity contribution in [3.63, 3.8) is 0 Å². The number of aromatic nitrogens is 2. The third kappa shape index (κ3) is 3.57. The van der Waals surface area contributed by atoms with Crippen molar-refractivity contribution in [1.82, 2.24) is 9.78 Å². The minimum atomic E-state index is -1.12. The summed E-state index contributed by atoms with van der Waals surface area (Å²) in [5, 5.41) is 3.80. The zero-order chi connectivity index (χ0) is 16.3. The van der Waals surface area contributed by atoms with Gasteiger partial charge in [-0.2, -0.15) is 4.68 Å². The predicted octanol–water partition coefficient (Wildman–Crippen LogP) is 0.0594. The maximum Gasteiger partial charge on any atom is 0.437 e. The van der Waals surface area contributed by atoms with Crippen LogP contribution in [-0.2, 0) is 20.9 Å². The lowest BCUT2D eigenvalue weighted by Gasteiger charge is -2.08. The number of nitrogens with two attached hydrogens (primary N) is 1. The monoisotopic (exact) mass is 309 g/mol. The number of hydrogen-bond acceptors (Lipinski definition) is 6.